The van der Waals surface area contributed by atoms with Gasteiger partial charge >= 0.3 is 5.63 Å². The van der Waals surface area contributed by atoms with Crippen LogP contribution in [0.25, 0.3) is 16.7 Å². The number of nitrogens with zero attached hydrogens (tertiary/aromatic N) is 1. The number of hydrogen-bond acceptors (Lipinski definition) is 5. The van der Waals surface area contributed by atoms with Gasteiger partial charge in [0.15, 0.2) is 5.75 Å². The number of aromatic hydroxyl groups is 1. The summed E-state index contributed by atoms with van der Waals surface area (Å²) >= 11 is 0.805. The summed E-state index contributed by atoms with van der Waals surface area (Å²) in [5.41, 5.74) is -0.610. The van der Waals surface area contributed by atoms with Crippen LogP contribution in [0, 0.1) is 11.6 Å². The van der Waals surface area contributed by atoms with Crippen LogP contribution in [0.15, 0.2) is 72.3 Å². The van der Waals surface area contributed by atoms with Crippen LogP contribution in [0.1, 0.15) is 25.1 Å². The van der Waals surface area contributed by atoms with E-state index < -0.39 is 34.0 Å². The third kappa shape index (κ3) is 2.82. The summed E-state index contributed by atoms with van der Waals surface area (Å²) in [6.07, 6.45) is 0. The van der Waals surface area contributed by atoms with Crippen molar-refractivity contribution >= 4 is 22.7 Å². The molecule has 0 fully saturated rings. The molecule has 1 aliphatic heterocycles. The Morgan fingerprint density at radius 1 is 1.03 bits per heavy atom. The Bertz CT molecular complexity index is 1520. The lowest BCUT2D eigenvalue weighted by molar-refractivity contribution is 0.445. The van der Waals surface area contributed by atoms with E-state index in [4.69, 9.17) is 4.42 Å². The molecule has 0 atom stereocenters. The summed E-state index contributed by atoms with van der Waals surface area (Å²) < 4.78 is 34.2. The molecule has 0 saturated carbocycles. The fraction of sp³-hybridized carbons (Fsp3) is 0.130. The molecule has 1 aliphatic rings. The van der Waals surface area contributed by atoms with Crippen LogP contribution >= 0.6 is 11.8 Å². The van der Waals surface area contributed by atoms with Crippen molar-refractivity contribution < 1.29 is 18.3 Å². The van der Waals surface area contributed by atoms with Gasteiger partial charge in [0.05, 0.1) is 5.69 Å². The first-order valence-corrected chi connectivity index (χ1v) is 10.2. The van der Waals surface area contributed by atoms with E-state index in [1.54, 1.807) is 6.07 Å². The molecule has 5 rings (SSSR count). The molecule has 1 N–H and O–H groups in total. The Balaban J connectivity index is 1.80. The zero-order valence-electron chi connectivity index (χ0n) is 16.4. The summed E-state index contributed by atoms with van der Waals surface area (Å²) in [7, 11) is 0. The summed E-state index contributed by atoms with van der Waals surface area (Å²) in [5, 5.41) is 10.7. The topological polar surface area (TPSA) is 72.4 Å². The van der Waals surface area contributed by atoms with Gasteiger partial charge in [-0.15, -0.1) is 0 Å². The van der Waals surface area contributed by atoms with Gasteiger partial charge in [-0.3, -0.25) is 9.36 Å². The van der Waals surface area contributed by atoms with Gasteiger partial charge in [0.2, 0.25) is 0 Å². The number of hydrogen-bond donors (Lipinski definition) is 1. The third-order valence-corrected chi connectivity index (χ3v) is 6.59. The quantitative estimate of drug-likeness (QED) is 0.489. The molecule has 5 nitrogen and oxygen atoms in total. The first-order valence-electron chi connectivity index (χ1n) is 9.38. The Morgan fingerprint density at radius 3 is 2.52 bits per heavy atom. The van der Waals surface area contributed by atoms with Crippen LogP contribution in [-0.4, -0.2) is 9.67 Å². The first-order chi connectivity index (χ1) is 14.7. The number of aromatic nitrogens is 1. The minimum atomic E-state index is -0.844. The highest BCUT2D eigenvalue weighted by molar-refractivity contribution is 7.99. The highest BCUT2D eigenvalue weighted by atomic mass is 32.2. The number of fused-ring (bicyclic) bond motifs is 4. The molecule has 2 aromatic carbocycles. The average molecular weight is 439 g/mol. The molecule has 3 heterocycles. The molecular weight excluding hydrogens is 424 g/mol. The van der Waals surface area contributed by atoms with Crippen molar-refractivity contribution in [1.82, 2.24) is 4.57 Å². The standard InChI is InChI=1S/C23H15F2NO4S/c1-23(2)14-9-12(25)6-7-15(14)26-17(23)10-16-18(21(26)28)19(27)20(22(29)30-16)31-13-5-3-4-11(24)8-13/h3-10,27H,1-2H3. The largest absolute Gasteiger partial charge is 0.505 e. The zero-order chi connectivity index (χ0) is 22.1. The van der Waals surface area contributed by atoms with E-state index in [0.29, 0.717) is 21.8 Å². The third-order valence-electron chi connectivity index (χ3n) is 5.54. The second-order valence-corrected chi connectivity index (χ2v) is 8.91. The molecule has 2 aromatic heterocycles. The maximum atomic E-state index is 13.9. The van der Waals surface area contributed by atoms with Crippen molar-refractivity contribution in [3.63, 3.8) is 0 Å². The summed E-state index contributed by atoms with van der Waals surface area (Å²) in [6, 6.07) is 11.2. The van der Waals surface area contributed by atoms with Crippen molar-refractivity contribution in [1.29, 1.82) is 0 Å². The molecule has 4 aromatic rings. The van der Waals surface area contributed by atoms with E-state index >= 15 is 0 Å². The van der Waals surface area contributed by atoms with E-state index in [0.717, 1.165) is 11.8 Å². The van der Waals surface area contributed by atoms with E-state index in [-0.39, 0.29) is 15.9 Å². The van der Waals surface area contributed by atoms with Crippen LogP contribution in [-0.2, 0) is 5.41 Å². The summed E-state index contributed by atoms with van der Waals surface area (Å²) in [4.78, 5) is 26.2. The Kier molecular flexibility index (Phi) is 4.14. The van der Waals surface area contributed by atoms with Crippen molar-refractivity contribution in [2.24, 2.45) is 0 Å². The number of rotatable bonds is 2. The van der Waals surface area contributed by atoms with Gasteiger partial charge in [-0.1, -0.05) is 31.7 Å². The molecule has 0 amide bonds. The second kappa shape index (κ2) is 6.55. The molecular formula is C23H15F2NO4S. The summed E-state index contributed by atoms with van der Waals surface area (Å²) in [5.74, 6) is -1.46. The molecule has 8 heteroatoms. The van der Waals surface area contributed by atoms with Crippen LogP contribution in [0.5, 0.6) is 5.75 Å². The van der Waals surface area contributed by atoms with E-state index in [1.165, 1.54) is 47.0 Å². The SMILES string of the molecule is CC1(C)c2cc(F)ccc2-n2c1cc1oc(=O)c(Sc3cccc(F)c3)c(O)c1c2=O. The van der Waals surface area contributed by atoms with E-state index in [2.05, 4.69) is 0 Å². The second-order valence-electron chi connectivity index (χ2n) is 7.82. The zero-order valence-corrected chi connectivity index (χ0v) is 17.2. The fourth-order valence-electron chi connectivity index (χ4n) is 4.02. The van der Waals surface area contributed by atoms with Crippen molar-refractivity contribution in [3.05, 3.63) is 92.2 Å². The predicted molar refractivity (Wildman–Crippen MR) is 112 cm³/mol. The molecule has 0 spiro atoms. The normalized spacial score (nSPS) is 13.9. The number of benzene rings is 2. The molecule has 0 radical (unpaired) electrons. The Labute approximate surface area is 178 Å². The lowest BCUT2D eigenvalue weighted by Gasteiger charge is -2.20. The van der Waals surface area contributed by atoms with E-state index in [9.17, 15) is 23.5 Å². The Morgan fingerprint density at radius 2 is 1.77 bits per heavy atom. The van der Waals surface area contributed by atoms with Crippen molar-refractivity contribution in [2.45, 2.75) is 29.1 Å². The van der Waals surface area contributed by atoms with Gasteiger partial charge in [0.1, 0.15) is 27.5 Å². The van der Waals surface area contributed by atoms with Crippen molar-refractivity contribution in [2.75, 3.05) is 0 Å². The average Bonchev–Trinajstić information content (AvgIpc) is 2.92. The van der Waals surface area contributed by atoms with Gasteiger partial charge in [-0.25, -0.2) is 13.6 Å². The van der Waals surface area contributed by atoms with E-state index in [1.807, 2.05) is 13.8 Å². The van der Waals surface area contributed by atoms with Crippen LogP contribution in [0.2, 0.25) is 0 Å². The van der Waals surface area contributed by atoms with Crippen molar-refractivity contribution in [3.8, 4) is 11.4 Å². The number of halogens is 2. The molecule has 0 bridgehead atoms. The molecule has 31 heavy (non-hydrogen) atoms. The van der Waals surface area contributed by atoms with Gasteiger partial charge in [0.25, 0.3) is 5.56 Å². The van der Waals surface area contributed by atoms with Crippen LogP contribution < -0.4 is 11.2 Å². The molecule has 0 saturated heterocycles. The highest BCUT2D eigenvalue weighted by Gasteiger charge is 2.38. The number of pyridine rings is 1. The first kappa shape index (κ1) is 19.6. The summed E-state index contributed by atoms with van der Waals surface area (Å²) in [6.45, 7) is 3.67. The lowest BCUT2D eigenvalue weighted by atomic mass is 9.83. The Hall–Kier alpha value is -3.39. The maximum absolute atomic E-state index is 13.9. The van der Waals surface area contributed by atoms with Crippen LogP contribution in [0.3, 0.4) is 0 Å². The van der Waals surface area contributed by atoms with Gasteiger partial charge < -0.3 is 9.52 Å². The maximum Gasteiger partial charge on any atom is 0.354 e. The molecule has 0 aliphatic carbocycles. The smallest absolute Gasteiger partial charge is 0.354 e. The predicted octanol–water partition coefficient (Wildman–Crippen LogP) is 4.72. The molecule has 0 unspecified atom stereocenters. The van der Waals surface area contributed by atoms with Gasteiger partial charge in [-0.05, 0) is 42.0 Å². The minimum Gasteiger partial charge on any atom is -0.505 e. The minimum absolute atomic E-state index is 0.0660. The monoisotopic (exact) mass is 439 g/mol. The lowest BCUT2D eigenvalue weighted by Crippen LogP contribution is -2.24. The molecule has 156 valence electrons. The fourth-order valence-corrected chi connectivity index (χ4v) is 4.90. The van der Waals surface area contributed by atoms with Crippen LogP contribution in [0.4, 0.5) is 8.78 Å². The van der Waals surface area contributed by atoms with Gasteiger partial charge in [0, 0.05) is 22.1 Å². The highest BCUT2D eigenvalue weighted by Crippen LogP contribution is 2.44. The van der Waals surface area contributed by atoms with Gasteiger partial charge in [-0.2, -0.15) is 0 Å².